The van der Waals surface area contributed by atoms with Gasteiger partial charge in [0.25, 0.3) is 0 Å². The quantitative estimate of drug-likeness (QED) is 0.730. The first-order valence-corrected chi connectivity index (χ1v) is 9.39. The molecule has 5 nitrogen and oxygen atoms in total. The van der Waals surface area contributed by atoms with Gasteiger partial charge in [-0.05, 0) is 56.5 Å². The maximum Gasteiger partial charge on any atom is 0.240 e. The van der Waals surface area contributed by atoms with Crippen molar-refractivity contribution in [3.8, 4) is 5.75 Å². The lowest BCUT2D eigenvalue weighted by atomic mass is 10.0. The molecule has 3 aromatic rings. The number of nitrogens with zero attached hydrogens (tertiary/aromatic N) is 2. The van der Waals surface area contributed by atoms with Gasteiger partial charge in [-0.2, -0.15) is 0 Å². The Morgan fingerprint density at radius 3 is 2.50 bits per heavy atom. The van der Waals surface area contributed by atoms with Gasteiger partial charge in [0.2, 0.25) is 5.91 Å². The summed E-state index contributed by atoms with van der Waals surface area (Å²) in [4.78, 5) is 18.3. The number of anilines is 1. The molecule has 0 bridgehead atoms. The maximum atomic E-state index is 12.0. The third-order valence-corrected chi connectivity index (χ3v) is 5.34. The molecule has 0 atom stereocenters. The van der Waals surface area contributed by atoms with Crippen LogP contribution >= 0.6 is 0 Å². The first kappa shape index (κ1) is 19.8. The zero-order chi connectivity index (χ0) is 20.4. The van der Waals surface area contributed by atoms with Crippen molar-refractivity contribution in [3.63, 3.8) is 0 Å². The van der Waals surface area contributed by atoms with Crippen molar-refractivity contribution in [2.24, 2.45) is 5.73 Å². The Bertz CT molecular complexity index is 1040. The molecule has 1 aromatic heterocycles. The van der Waals surface area contributed by atoms with Gasteiger partial charge in [0.05, 0.1) is 17.8 Å². The molecule has 2 N–H and O–H groups in total. The van der Waals surface area contributed by atoms with E-state index in [1.54, 1.807) is 11.9 Å². The van der Waals surface area contributed by atoms with Gasteiger partial charge in [-0.25, -0.2) is 4.98 Å². The minimum Gasteiger partial charge on any atom is -0.487 e. The number of likely N-dealkylation sites (N-methyl/N-ethyl adjacent to an activating group) is 1. The van der Waals surface area contributed by atoms with Crippen LogP contribution in [0.25, 0.3) is 10.9 Å². The first-order chi connectivity index (χ1) is 13.3. The molecular weight excluding hydrogens is 350 g/mol. The Morgan fingerprint density at radius 1 is 1.07 bits per heavy atom. The van der Waals surface area contributed by atoms with Gasteiger partial charge in [0, 0.05) is 23.7 Å². The van der Waals surface area contributed by atoms with Crippen molar-refractivity contribution in [3.05, 3.63) is 64.3 Å². The summed E-state index contributed by atoms with van der Waals surface area (Å²) in [5, 5.41) is 1.10. The third kappa shape index (κ3) is 3.58. The largest absolute Gasteiger partial charge is 0.487 e. The summed E-state index contributed by atoms with van der Waals surface area (Å²) in [5.74, 6) is 0.693. The van der Waals surface area contributed by atoms with Crippen molar-refractivity contribution >= 4 is 22.5 Å². The van der Waals surface area contributed by atoms with Gasteiger partial charge in [0.1, 0.15) is 12.4 Å². The van der Waals surface area contributed by atoms with Gasteiger partial charge >= 0.3 is 0 Å². The highest BCUT2D eigenvalue weighted by Crippen LogP contribution is 2.31. The van der Waals surface area contributed by atoms with E-state index in [0.717, 1.165) is 50.3 Å². The number of hydrogen-bond donors (Lipinski definition) is 1. The zero-order valence-electron chi connectivity index (χ0n) is 17.2. The van der Waals surface area contributed by atoms with Crippen molar-refractivity contribution < 1.29 is 9.53 Å². The monoisotopic (exact) mass is 377 g/mol. The van der Waals surface area contributed by atoms with Gasteiger partial charge < -0.3 is 15.4 Å². The lowest BCUT2D eigenvalue weighted by Crippen LogP contribution is -2.33. The van der Waals surface area contributed by atoms with E-state index in [-0.39, 0.29) is 12.5 Å². The smallest absolute Gasteiger partial charge is 0.240 e. The number of carbonyl (C=O) groups is 1. The summed E-state index contributed by atoms with van der Waals surface area (Å²) in [6.07, 6.45) is 0. The number of hydrogen-bond acceptors (Lipinski definition) is 4. The molecule has 1 amide bonds. The highest BCUT2D eigenvalue weighted by atomic mass is 16.5. The second-order valence-electron chi connectivity index (χ2n) is 7.12. The first-order valence-electron chi connectivity index (χ1n) is 9.39. The fourth-order valence-corrected chi connectivity index (χ4v) is 3.61. The molecule has 146 valence electrons. The van der Waals surface area contributed by atoms with E-state index in [2.05, 4.69) is 24.9 Å². The number of aromatic nitrogens is 1. The molecule has 5 heteroatoms. The lowest BCUT2D eigenvalue weighted by Gasteiger charge is -2.22. The van der Waals surface area contributed by atoms with Crippen molar-refractivity contribution in [2.45, 2.75) is 34.3 Å². The zero-order valence-corrected chi connectivity index (χ0v) is 17.2. The number of benzene rings is 2. The molecule has 0 radical (unpaired) electrons. The van der Waals surface area contributed by atoms with Crippen LogP contribution in [0.5, 0.6) is 5.75 Å². The van der Waals surface area contributed by atoms with Crippen LogP contribution in [0, 0.1) is 27.7 Å². The number of fused-ring (bicyclic) bond motifs is 1. The van der Waals surface area contributed by atoms with Gasteiger partial charge in [-0.1, -0.05) is 24.3 Å². The highest BCUT2D eigenvalue weighted by molar-refractivity contribution is 5.95. The number of rotatable bonds is 5. The SMILES string of the molecule is Cc1ccc(N(C)C(=O)CN)c(C)c1COc1c(C)nc2ccccc2c1C. The van der Waals surface area contributed by atoms with Gasteiger partial charge in [-0.3, -0.25) is 4.79 Å². The predicted octanol–water partition coefficient (Wildman–Crippen LogP) is 3.97. The number of ether oxygens (including phenoxy) is 1. The second-order valence-corrected chi connectivity index (χ2v) is 7.12. The molecule has 0 fully saturated rings. The number of amides is 1. The summed E-state index contributed by atoms with van der Waals surface area (Å²) < 4.78 is 6.25. The minimum atomic E-state index is -0.121. The van der Waals surface area contributed by atoms with Crippen molar-refractivity contribution in [1.82, 2.24) is 4.98 Å². The molecule has 1 heterocycles. The van der Waals surface area contributed by atoms with Crippen LogP contribution in [0.15, 0.2) is 36.4 Å². The van der Waals surface area contributed by atoms with Crippen molar-refractivity contribution in [2.75, 3.05) is 18.5 Å². The Kier molecular flexibility index (Phi) is 5.66. The van der Waals surface area contributed by atoms with E-state index in [4.69, 9.17) is 10.5 Å². The molecule has 0 saturated heterocycles. The summed E-state index contributed by atoms with van der Waals surface area (Å²) >= 11 is 0. The van der Waals surface area contributed by atoms with E-state index in [1.165, 1.54) is 0 Å². The van der Waals surface area contributed by atoms with Crippen LogP contribution < -0.4 is 15.4 Å². The van der Waals surface area contributed by atoms with Crippen LogP contribution in [0.4, 0.5) is 5.69 Å². The summed E-state index contributed by atoms with van der Waals surface area (Å²) in [6, 6.07) is 12.1. The van der Waals surface area contributed by atoms with E-state index in [9.17, 15) is 4.79 Å². The Hall–Kier alpha value is -2.92. The van der Waals surface area contributed by atoms with E-state index >= 15 is 0 Å². The molecular formula is C23H27N3O2. The molecule has 0 aliphatic carbocycles. The molecule has 0 aliphatic heterocycles. The number of pyridine rings is 1. The summed E-state index contributed by atoms with van der Waals surface area (Å²) in [7, 11) is 1.75. The van der Waals surface area contributed by atoms with Crippen LogP contribution in [0.1, 0.15) is 27.9 Å². The number of aryl methyl sites for hydroxylation is 3. The van der Waals surface area contributed by atoms with E-state index < -0.39 is 0 Å². The molecule has 2 aromatic carbocycles. The summed E-state index contributed by atoms with van der Waals surface area (Å²) in [5.41, 5.74) is 12.5. The second kappa shape index (κ2) is 7.98. The van der Waals surface area contributed by atoms with E-state index in [1.807, 2.05) is 44.2 Å². The topological polar surface area (TPSA) is 68.5 Å². The average Bonchev–Trinajstić information content (AvgIpc) is 2.68. The predicted molar refractivity (Wildman–Crippen MR) is 114 cm³/mol. The Labute approximate surface area is 166 Å². The normalized spacial score (nSPS) is 10.9. The van der Waals surface area contributed by atoms with Crippen LogP contribution in [0.2, 0.25) is 0 Å². The summed E-state index contributed by atoms with van der Waals surface area (Å²) in [6.45, 7) is 8.50. The van der Waals surface area contributed by atoms with E-state index in [0.29, 0.717) is 6.61 Å². The number of carbonyl (C=O) groups excluding carboxylic acids is 1. The Morgan fingerprint density at radius 2 is 1.79 bits per heavy atom. The average molecular weight is 377 g/mol. The maximum absolute atomic E-state index is 12.0. The number of para-hydroxylation sites is 1. The third-order valence-electron chi connectivity index (χ3n) is 5.34. The molecule has 28 heavy (non-hydrogen) atoms. The fourth-order valence-electron chi connectivity index (χ4n) is 3.61. The Balaban J connectivity index is 1.95. The number of nitrogens with two attached hydrogens (primary N) is 1. The van der Waals surface area contributed by atoms with Gasteiger partial charge in [0.15, 0.2) is 0 Å². The lowest BCUT2D eigenvalue weighted by molar-refractivity contribution is -0.117. The van der Waals surface area contributed by atoms with Gasteiger partial charge in [-0.15, -0.1) is 0 Å². The minimum absolute atomic E-state index is 0.0171. The highest BCUT2D eigenvalue weighted by Gasteiger charge is 2.17. The molecule has 3 rings (SSSR count). The molecule has 0 saturated carbocycles. The standard InChI is InChI=1S/C23H27N3O2/c1-14-10-11-21(26(5)22(27)12-24)15(2)19(14)13-28-23-16(3)18-8-6-7-9-20(18)25-17(23)4/h6-11H,12-13,24H2,1-5H3. The fraction of sp³-hybridized carbons (Fsp3) is 0.304. The molecule has 0 unspecified atom stereocenters. The molecule has 0 aliphatic rings. The van der Waals surface area contributed by atoms with Crippen LogP contribution in [-0.4, -0.2) is 24.5 Å². The van der Waals surface area contributed by atoms with Crippen molar-refractivity contribution in [1.29, 1.82) is 0 Å². The van der Waals surface area contributed by atoms with Crippen LogP contribution in [0.3, 0.4) is 0 Å². The molecule has 0 spiro atoms. The van der Waals surface area contributed by atoms with Crippen LogP contribution in [-0.2, 0) is 11.4 Å².